The summed E-state index contributed by atoms with van der Waals surface area (Å²) in [5, 5.41) is 0. The summed E-state index contributed by atoms with van der Waals surface area (Å²) in [6.07, 6.45) is -3.39. The number of fused-ring (bicyclic) bond motifs is 1. The first-order chi connectivity index (χ1) is 10.5. The van der Waals surface area contributed by atoms with E-state index in [1.807, 2.05) is 30.3 Å². The van der Waals surface area contributed by atoms with Crippen molar-refractivity contribution in [1.29, 1.82) is 0 Å². The fraction of sp³-hybridized carbons (Fsp3) is 0.625. The molecule has 0 aliphatic carbocycles. The van der Waals surface area contributed by atoms with Gasteiger partial charge in [-0.25, -0.2) is 8.78 Å². The maximum Gasteiger partial charge on any atom is 0.234 e. The normalized spacial score (nSPS) is 36.5. The van der Waals surface area contributed by atoms with Gasteiger partial charge < -0.3 is 18.9 Å². The van der Waals surface area contributed by atoms with E-state index in [1.54, 1.807) is 13.8 Å². The molecule has 4 nitrogen and oxygen atoms in total. The lowest BCUT2D eigenvalue weighted by Crippen LogP contribution is -2.47. The Morgan fingerprint density at radius 1 is 1.23 bits per heavy atom. The molecular weight excluding hydrogens is 294 g/mol. The number of ether oxygens (including phenoxy) is 4. The summed E-state index contributed by atoms with van der Waals surface area (Å²) in [7, 11) is 0. The van der Waals surface area contributed by atoms with Crippen LogP contribution in [0.2, 0.25) is 0 Å². The fourth-order valence-corrected chi connectivity index (χ4v) is 3.01. The van der Waals surface area contributed by atoms with E-state index in [9.17, 15) is 8.78 Å². The molecule has 2 heterocycles. The first-order valence-corrected chi connectivity index (χ1v) is 7.32. The SMILES string of the molecule is CC1(C)OC2[C@@H](COCc3ccccc3)O[C@@H](F)C2(CF)O1. The lowest BCUT2D eigenvalue weighted by atomic mass is 9.98. The molecule has 2 aliphatic rings. The van der Waals surface area contributed by atoms with Crippen molar-refractivity contribution in [3.05, 3.63) is 35.9 Å². The Morgan fingerprint density at radius 2 is 1.95 bits per heavy atom. The zero-order valence-electron chi connectivity index (χ0n) is 12.6. The van der Waals surface area contributed by atoms with Crippen LogP contribution in [0, 0.1) is 0 Å². The molecule has 0 spiro atoms. The minimum absolute atomic E-state index is 0.112. The van der Waals surface area contributed by atoms with Crippen molar-refractivity contribution in [2.24, 2.45) is 0 Å². The van der Waals surface area contributed by atoms with E-state index in [2.05, 4.69) is 0 Å². The van der Waals surface area contributed by atoms with Crippen LogP contribution in [-0.2, 0) is 25.6 Å². The van der Waals surface area contributed by atoms with E-state index in [0.717, 1.165) is 5.56 Å². The predicted octanol–water partition coefficient (Wildman–Crippen LogP) is 2.76. The fourth-order valence-electron chi connectivity index (χ4n) is 3.01. The van der Waals surface area contributed by atoms with Gasteiger partial charge in [0.15, 0.2) is 11.4 Å². The molecule has 0 amide bonds. The molecule has 1 aromatic carbocycles. The Labute approximate surface area is 128 Å². The largest absolute Gasteiger partial charge is 0.374 e. The smallest absolute Gasteiger partial charge is 0.234 e. The van der Waals surface area contributed by atoms with Crippen LogP contribution < -0.4 is 0 Å². The zero-order chi connectivity index (χ0) is 15.8. The minimum atomic E-state index is -1.87. The highest BCUT2D eigenvalue weighted by Gasteiger charge is 2.67. The highest BCUT2D eigenvalue weighted by atomic mass is 19.2. The number of halogens is 2. The van der Waals surface area contributed by atoms with Gasteiger partial charge in [-0.05, 0) is 19.4 Å². The van der Waals surface area contributed by atoms with Crippen LogP contribution in [0.1, 0.15) is 19.4 Å². The first-order valence-electron chi connectivity index (χ1n) is 7.32. The van der Waals surface area contributed by atoms with Gasteiger partial charge in [-0.2, -0.15) is 0 Å². The topological polar surface area (TPSA) is 36.9 Å². The maximum atomic E-state index is 14.2. The molecule has 4 atom stereocenters. The lowest BCUT2D eigenvalue weighted by Gasteiger charge is -2.25. The van der Waals surface area contributed by atoms with E-state index in [0.29, 0.717) is 6.61 Å². The Kier molecular flexibility index (Phi) is 4.20. The third kappa shape index (κ3) is 2.76. The molecule has 6 heteroatoms. The molecule has 2 saturated heterocycles. The molecule has 0 radical (unpaired) electrons. The summed E-state index contributed by atoms with van der Waals surface area (Å²) in [5.41, 5.74) is -0.692. The van der Waals surface area contributed by atoms with Gasteiger partial charge in [-0.1, -0.05) is 30.3 Å². The van der Waals surface area contributed by atoms with Crippen LogP contribution in [0.3, 0.4) is 0 Å². The maximum absolute atomic E-state index is 14.2. The van der Waals surface area contributed by atoms with Crippen LogP contribution in [0.25, 0.3) is 0 Å². The summed E-state index contributed by atoms with van der Waals surface area (Å²) >= 11 is 0. The number of rotatable bonds is 5. The zero-order valence-corrected chi connectivity index (χ0v) is 12.6. The van der Waals surface area contributed by atoms with Gasteiger partial charge in [0.1, 0.15) is 18.9 Å². The Morgan fingerprint density at radius 3 is 2.64 bits per heavy atom. The monoisotopic (exact) mass is 314 g/mol. The second kappa shape index (κ2) is 5.85. The van der Waals surface area contributed by atoms with Gasteiger partial charge in [0.2, 0.25) is 6.36 Å². The molecule has 2 fully saturated rings. The third-order valence-corrected chi connectivity index (χ3v) is 3.95. The number of hydrogen-bond donors (Lipinski definition) is 0. The molecule has 3 rings (SSSR count). The second-order valence-electron chi connectivity index (χ2n) is 6.12. The highest BCUT2D eigenvalue weighted by Crippen LogP contribution is 2.47. The van der Waals surface area contributed by atoms with E-state index < -0.39 is 36.6 Å². The van der Waals surface area contributed by atoms with Crippen LogP contribution in [0.15, 0.2) is 30.3 Å². The summed E-state index contributed by atoms with van der Waals surface area (Å²) in [4.78, 5) is 0. The molecular formula is C16H20F2O4. The average molecular weight is 314 g/mol. The molecule has 0 N–H and O–H groups in total. The molecule has 2 aliphatic heterocycles. The minimum Gasteiger partial charge on any atom is -0.374 e. The summed E-state index contributed by atoms with van der Waals surface area (Å²) in [5.74, 6) is -1.04. The summed E-state index contributed by atoms with van der Waals surface area (Å²) < 4.78 is 49.4. The summed E-state index contributed by atoms with van der Waals surface area (Å²) in [6, 6.07) is 9.59. The molecule has 0 aromatic heterocycles. The number of hydrogen-bond acceptors (Lipinski definition) is 4. The van der Waals surface area contributed by atoms with Crippen LogP contribution in [0.5, 0.6) is 0 Å². The molecule has 0 bridgehead atoms. The Balaban J connectivity index is 1.63. The van der Waals surface area contributed by atoms with Gasteiger partial charge in [-0.3, -0.25) is 0 Å². The predicted molar refractivity (Wildman–Crippen MR) is 74.6 cm³/mol. The Hall–Kier alpha value is -1.08. The van der Waals surface area contributed by atoms with Gasteiger partial charge >= 0.3 is 0 Å². The number of alkyl halides is 2. The number of benzene rings is 1. The highest BCUT2D eigenvalue weighted by molar-refractivity contribution is 5.13. The van der Waals surface area contributed by atoms with Crippen molar-refractivity contribution in [2.45, 2.75) is 50.4 Å². The third-order valence-electron chi connectivity index (χ3n) is 3.95. The summed E-state index contributed by atoms with van der Waals surface area (Å²) in [6.45, 7) is 2.75. The lowest BCUT2D eigenvalue weighted by molar-refractivity contribution is -0.233. The molecule has 2 unspecified atom stereocenters. The van der Waals surface area contributed by atoms with E-state index in [1.165, 1.54) is 0 Å². The van der Waals surface area contributed by atoms with E-state index >= 15 is 0 Å². The van der Waals surface area contributed by atoms with Crippen molar-refractivity contribution >= 4 is 0 Å². The van der Waals surface area contributed by atoms with E-state index in [4.69, 9.17) is 18.9 Å². The molecule has 122 valence electrons. The quantitative estimate of drug-likeness (QED) is 0.837. The second-order valence-corrected chi connectivity index (χ2v) is 6.12. The Bertz CT molecular complexity index is 510. The van der Waals surface area contributed by atoms with Gasteiger partial charge in [-0.15, -0.1) is 0 Å². The first kappa shape index (κ1) is 15.8. The van der Waals surface area contributed by atoms with Crippen LogP contribution >= 0.6 is 0 Å². The van der Waals surface area contributed by atoms with Gasteiger partial charge in [0.25, 0.3) is 0 Å². The van der Waals surface area contributed by atoms with Gasteiger partial charge in [0, 0.05) is 0 Å². The standard InChI is InChI=1S/C16H20F2O4/c1-15(2)21-13-12(20-14(18)16(13,10-17)22-15)9-19-8-11-6-4-3-5-7-11/h3-7,12-14H,8-10H2,1-2H3/t12-,13?,14-,16?/m1/s1. The van der Waals surface area contributed by atoms with Gasteiger partial charge in [0.05, 0.1) is 13.2 Å². The van der Waals surface area contributed by atoms with Crippen molar-refractivity contribution in [3.63, 3.8) is 0 Å². The van der Waals surface area contributed by atoms with Crippen molar-refractivity contribution in [2.75, 3.05) is 13.3 Å². The molecule has 22 heavy (non-hydrogen) atoms. The van der Waals surface area contributed by atoms with Crippen molar-refractivity contribution in [1.82, 2.24) is 0 Å². The van der Waals surface area contributed by atoms with Crippen LogP contribution in [-0.4, -0.2) is 43.2 Å². The van der Waals surface area contributed by atoms with E-state index in [-0.39, 0.29) is 6.61 Å². The molecule has 0 saturated carbocycles. The molecule has 1 aromatic rings. The average Bonchev–Trinajstić information content (AvgIpc) is 2.91. The van der Waals surface area contributed by atoms with Crippen molar-refractivity contribution in [3.8, 4) is 0 Å². The van der Waals surface area contributed by atoms with Crippen LogP contribution in [0.4, 0.5) is 8.78 Å². The van der Waals surface area contributed by atoms with Crippen molar-refractivity contribution < 1.29 is 27.7 Å².